The van der Waals surface area contributed by atoms with Gasteiger partial charge in [0.15, 0.2) is 5.75 Å². The molecule has 0 aliphatic carbocycles. The normalized spacial score (nSPS) is 12.3. The Morgan fingerprint density at radius 1 is 1.33 bits per heavy atom. The van der Waals surface area contributed by atoms with E-state index in [0.717, 1.165) is 33.0 Å². The van der Waals surface area contributed by atoms with E-state index >= 15 is 0 Å². The van der Waals surface area contributed by atoms with Gasteiger partial charge in [0.1, 0.15) is 11.5 Å². The maximum atomic E-state index is 6.14. The maximum Gasteiger partial charge on any atom is 0.156 e. The summed E-state index contributed by atoms with van der Waals surface area (Å²) in [5, 5.41) is 4.10. The molecule has 5 heteroatoms. The first-order chi connectivity index (χ1) is 9.92. The van der Waals surface area contributed by atoms with Gasteiger partial charge in [-0.2, -0.15) is 0 Å². The zero-order valence-electron chi connectivity index (χ0n) is 12.6. The lowest BCUT2D eigenvalue weighted by Crippen LogP contribution is -2.09. The highest BCUT2D eigenvalue weighted by molar-refractivity contribution is 9.10. The second-order valence-corrected chi connectivity index (χ2v) is 6.22. The summed E-state index contributed by atoms with van der Waals surface area (Å²) in [5.74, 6) is 2.60. The van der Waals surface area contributed by atoms with Gasteiger partial charge in [-0.15, -0.1) is 0 Å². The fraction of sp³-hybridized carbons (Fsp3) is 0.375. The lowest BCUT2D eigenvalue weighted by molar-refractivity contribution is 0.339. The van der Waals surface area contributed by atoms with Crippen LogP contribution in [0.1, 0.15) is 37.0 Å². The molecule has 0 amide bonds. The quantitative estimate of drug-likeness (QED) is 0.711. The van der Waals surface area contributed by atoms with Crippen molar-refractivity contribution in [1.29, 1.82) is 0 Å². The Morgan fingerprint density at radius 2 is 2.05 bits per heavy atom. The number of anilines is 1. The van der Waals surface area contributed by atoms with Crippen LogP contribution in [-0.4, -0.2) is 6.61 Å². The Labute approximate surface area is 138 Å². The molecule has 0 radical (unpaired) electrons. The van der Waals surface area contributed by atoms with Crippen LogP contribution in [0.15, 0.2) is 27.1 Å². The predicted octanol–water partition coefficient (Wildman–Crippen LogP) is 5.88. The van der Waals surface area contributed by atoms with E-state index < -0.39 is 0 Å². The molecule has 0 aliphatic heterocycles. The third kappa shape index (κ3) is 3.74. The van der Waals surface area contributed by atoms with Crippen molar-refractivity contribution in [2.24, 2.45) is 0 Å². The summed E-state index contributed by atoms with van der Waals surface area (Å²) in [7, 11) is 0. The SMILES string of the molecule is CCOc1c(Br)cc(Cl)cc1NC(C)c1cc(C)oc1C. The van der Waals surface area contributed by atoms with Crippen molar-refractivity contribution >= 4 is 33.2 Å². The van der Waals surface area contributed by atoms with Gasteiger partial charge in [-0.25, -0.2) is 0 Å². The van der Waals surface area contributed by atoms with Crippen LogP contribution >= 0.6 is 27.5 Å². The van der Waals surface area contributed by atoms with Gasteiger partial charge in [0.05, 0.1) is 22.8 Å². The van der Waals surface area contributed by atoms with Crippen molar-refractivity contribution in [3.05, 3.63) is 44.8 Å². The van der Waals surface area contributed by atoms with Crippen LogP contribution in [-0.2, 0) is 0 Å². The molecule has 0 saturated carbocycles. The zero-order valence-corrected chi connectivity index (χ0v) is 14.9. The number of hydrogen-bond acceptors (Lipinski definition) is 3. The smallest absolute Gasteiger partial charge is 0.156 e. The van der Waals surface area contributed by atoms with Crippen molar-refractivity contribution in [3.8, 4) is 5.75 Å². The van der Waals surface area contributed by atoms with Crippen LogP contribution in [0.3, 0.4) is 0 Å². The number of benzene rings is 1. The molecule has 1 atom stereocenters. The molecule has 1 aromatic heterocycles. The molecule has 0 saturated heterocycles. The van der Waals surface area contributed by atoms with Crippen molar-refractivity contribution in [3.63, 3.8) is 0 Å². The number of nitrogens with one attached hydrogen (secondary N) is 1. The van der Waals surface area contributed by atoms with E-state index in [0.29, 0.717) is 11.6 Å². The van der Waals surface area contributed by atoms with E-state index in [-0.39, 0.29) is 6.04 Å². The number of hydrogen-bond donors (Lipinski definition) is 1. The highest BCUT2D eigenvalue weighted by Crippen LogP contribution is 2.38. The van der Waals surface area contributed by atoms with E-state index in [4.69, 9.17) is 20.8 Å². The maximum absolute atomic E-state index is 6.14. The largest absolute Gasteiger partial charge is 0.491 e. The highest BCUT2D eigenvalue weighted by Gasteiger charge is 2.16. The van der Waals surface area contributed by atoms with Crippen LogP contribution in [0.2, 0.25) is 5.02 Å². The Morgan fingerprint density at radius 3 is 2.62 bits per heavy atom. The summed E-state index contributed by atoms with van der Waals surface area (Å²) in [5.41, 5.74) is 1.99. The van der Waals surface area contributed by atoms with Gasteiger partial charge in [-0.3, -0.25) is 0 Å². The number of halogens is 2. The zero-order chi connectivity index (χ0) is 15.6. The molecule has 114 valence electrons. The first-order valence-corrected chi connectivity index (χ1v) is 8.04. The van der Waals surface area contributed by atoms with Crippen molar-refractivity contribution in [2.45, 2.75) is 33.7 Å². The topological polar surface area (TPSA) is 34.4 Å². The minimum Gasteiger partial charge on any atom is -0.491 e. The fourth-order valence-electron chi connectivity index (χ4n) is 2.35. The van der Waals surface area contributed by atoms with Crippen LogP contribution < -0.4 is 10.1 Å². The van der Waals surface area contributed by atoms with Gasteiger partial charge in [0.2, 0.25) is 0 Å². The third-order valence-corrected chi connectivity index (χ3v) is 4.02. The molecule has 3 nitrogen and oxygen atoms in total. The van der Waals surface area contributed by atoms with Crippen LogP contribution in [0, 0.1) is 13.8 Å². The molecule has 0 fully saturated rings. The standard InChI is InChI=1S/C16H19BrClNO2/c1-5-20-16-14(17)7-12(18)8-15(16)19-10(3)13-6-9(2)21-11(13)4/h6-8,10,19H,5H2,1-4H3. The Bertz CT molecular complexity index is 639. The molecule has 0 spiro atoms. The van der Waals surface area contributed by atoms with Gasteiger partial charge >= 0.3 is 0 Å². The third-order valence-electron chi connectivity index (χ3n) is 3.21. The lowest BCUT2D eigenvalue weighted by Gasteiger charge is -2.19. The monoisotopic (exact) mass is 371 g/mol. The average molecular weight is 373 g/mol. The van der Waals surface area contributed by atoms with E-state index in [1.165, 1.54) is 0 Å². The van der Waals surface area contributed by atoms with Crippen molar-refractivity contribution in [2.75, 3.05) is 11.9 Å². The second kappa shape index (κ2) is 6.75. The molecule has 2 rings (SSSR count). The number of rotatable bonds is 5. The van der Waals surface area contributed by atoms with E-state index in [1.807, 2.05) is 39.0 Å². The van der Waals surface area contributed by atoms with Crippen LogP contribution in [0.5, 0.6) is 5.75 Å². The molecule has 1 aromatic carbocycles. The first-order valence-electron chi connectivity index (χ1n) is 6.87. The van der Waals surface area contributed by atoms with Gasteiger partial charge in [0.25, 0.3) is 0 Å². The molecule has 1 unspecified atom stereocenters. The molecule has 21 heavy (non-hydrogen) atoms. The molecule has 2 aromatic rings. The fourth-order valence-corrected chi connectivity index (χ4v) is 3.27. The van der Waals surface area contributed by atoms with Crippen LogP contribution in [0.25, 0.3) is 0 Å². The van der Waals surface area contributed by atoms with Crippen molar-refractivity contribution < 1.29 is 9.15 Å². The summed E-state index contributed by atoms with van der Waals surface area (Å²) >= 11 is 9.64. The molecular formula is C16H19BrClNO2. The van der Waals surface area contributed by atoms with Gasteiger partial charge in [-0.1, -0.05) is 11.6 Å². The van der Waals surface area contributed by atoms with Gasteiger partial charge in [0, 0.05) is 10.6 Å². The van der Waals surface area contributed by atoms with E-state index in [2.05, 4.69) is 28.2 Å². The van der Waals surface area contributed by atoms with Crippen LogP contribution in [0.4, 0.5) is 5.69 Å². The van der Waals surface area contributed by atoms with E-state index in [1.54, 1.807) is 0 Å². The molecule has 0 aliphatic rings. The predicted molar refractivity (Wildman–Crippen MR) is 90.5 cm³/mol. The molecule has 0 bridgehead atoms. The second-order valence-electron chi connectivity index (χ2n) is 4.93. The number of furan rings is 1. The van der Waals surface area contributed by atoms with E-state index in [9.17, 15) is 0 Å². The number of aryl methyl sites for hydroxylation is 2. The Balaban J connectivity index is 2.32. The number of ether oxygens (including phenoxy) is 1. The summed E-state index contributed by atoms with van der Waals surface area (Å²) in [6.07, 6.45) is 0. The highest BCUT2D eigenvalue weighted by atomic mass is 79.9. The molecule has 1 N–H and O–H groups in total. The average Bonchev–Trinajstić information content (AvgIpc) is 2.72. The lowest BCUT2D eigenvalue weighted by atomic mass is 10.1. The minimum absolute atomic E-state index is 0.0898. The van der Waals surface area contributed by atoms with Gasteiger partial charge < -0.3 is 14.5 Å². The molecule has 1 heterocycles. The van der Waals surface area contributed by atoms with Crippen molar-refractivity contribution in [1.82, 2.24) is 0 Å². The first kappa shape index (κ1) is 16.2. The Hall–Kier alpha value is -1.13. The summed E-state index contributed by atoms with van der Waals surface area (Å²) in [6, 6.07) is 5.84. The Kier molecular flexibility index (Phi) is 5.22. The summed E-state index contributed by atoms with van der Waals surface area (Å²) < 4.78 is 12.1. The summed E-state index contributed by atoms with van der Waals surface area (Å²) in [4.78, 5) is 0. The van der Waals surface area contributed by atoms with Gasteiger partial charge in [-0.05, 0) is 61.8 Å². The summed E-state index contributed by atoms with van der Waals surface area (Å²) in [6.45, 7) is 8.55. The molecular weight excluding hydrogens is 354 g/mol. The minimum atomic E-state index is 0.0898.